The van der Waals surface area contributed by atoms with Crippen molar-refractivity contribution < 1.29 is 19.4 Å². The summed E-state index contributed by atoms with van der Waals surface area (Å²) in [7, 11) is 3.83. The molecule has 0 radical (unpaired) electrons. The summed E-state index contributed by atoms with van der Waals surface area (Å²) >= 11 is 1.46. The van der Waals surface area contributed by atoms with E-state index >= 15 is 0 Å². The lowest BCUT2D eigenvalue weighted by Gasteiger charge is -2.25. The summed E-state index contributed by atoms with van der Waals surface area (Å²) in [5, 5.41) is 13.0. The molecule has 1 atom stereocenters. The average molecular weight is 477 g/mol. The lowest BCUT2D eigenvalue weighted by Crippen LogP contribution is -2.35. The smallest absolute Gasteiger partial charge is 0.295 e. The summed E-state index contributed by atoms with van der Waals surface area (Å²) in [4.78, 5) is 30.2. The molecule has 1 N–H and O–H groups in total. The number of ketones is 1. The number of likely N-dealkylation sites (N-methyl/N-ethyl adjacent to an activating group) is 1. The third-order valence-corrected chi connectivity index (χ3v) is 6.68. The van der Waals surface area contributed by atoms with Gasteiger partial charge in [0.15, 0.2) is 0 Å². The van der Waals surface area contributed by atoms with Gasteiger partial charge in [0.1, 0.15) is 18.1 Å². The normalized spacial score (nSPS) is 17.5. The zero-order chi connectivity index (χ0) is 24.2. The van der Waals surface area contributed by atoms with Crippen LogP contribution in [-0.2, 0) is 16.2 Å². The van der Waals surface area contributed by atoms with Crippen LogP contribution in [0, 0.1) is 6.92 Å². The quantitative estimate of drug-likeness (QED) is 0.292. The van der Waals surface area contributed by atoms with Crippen LogP contribution in [0.25, 0.3) is 5.76 Å². The van der Waals surface area contributed by atoms with Crippen molar-refractivity contribution in [3.63, 3.8) is 0 Å². The summed E-state index contributed by atoms with van der Waals surface area (Å²) in [6.45, 7) is 3.47. The number of carbonyl (C=O) groups excluding carboxylic acids is 2. The minimum Gasteiger partial charge on any atom is -0.507 e. The van der Waals surface area contributed by atoms with Crippen LogP contribution in [0.15, 0.2) is 71.6 Å². The molecule has 3 aromatic rings. The molecule has 7 heteroatoms. The Bertz CT molecular complexity index is 1200. The van der Waals surface area contributed by atoms with Crippen molar-refractivity contribution in [3.8, 4) is 5.75 Å². The van der Waals surface area contributed by atoms with E-state index < -0.39 is 17.7 Å². The molecule has 2 aromatic carbocycles. The van der Waals surface area contributed by atoms with Crippen molar-refractivity contribution in [3.05, 3.63) is 93.2 Å². The van der Waals surface area contributed by atoms with Gasteiger partial charge < -0.3 is 19.6 Å². The molecule has 1 fully saturated rings. The number of thiophene rings is 1. The molecule has 1 aliphatic rings. The molecule has 1 amide bonds. The van der Waals surface area contributed by atoms with Crippen LogP contribution in [0.3, 0.4) is 0 Å². The second-order valence-corrected chi connectivity index (χ2v) is 9.59. The van der Waals surface area contributed by atoms with Crippen LogP contribution in [0.2, 0.25) is 0 Å². The highest BCUT2D eigenvalue weighted by Gasteiger charge is 2.46. The fourth-order valence-electron chi connectivity index (χ4n) is 3.99. The first-order valence-corrected chi connectivity index (χ1v) is 12.0. The Morgan fingerprint density at radius 2 is 1.85 bits per heavy atom. The number of hydrogen-bond donors (Lipinski definition) is 1. The van der Waals surface area contributed by atoms with Gasteiger partial charge in [-0.1, -0.05) is 35.9 Å². The number of aliphatic hydroxyl groups is 1. The highest BCUT2D eigenvalue weighted by Crippen LogP contribution is 2.41. The fourth-order valence-corrected chi connectivity index (χ4v) is 4.84. The summed E-state index contributed by atoms with van der Waals surface area (Å²) in [6.07, 6.45) is 0. The van der Waals surface area contributed by atoms with E-state index in [-0.39, 0.29) is 11.3 Å². The van der Waals surface area contributed by atoms with Crippen molar-refractivity contribution in [1.82, 2.24) is 9.80 Å². The van der Waals surface area contributed by atoms with Gasteiger partial charge in [0.2, 0.25) is 0 Å². The van der Waals surface area contributed by atoms with Gasteiger partial charge in [-0.25, -0.2) is 0 Å². The molecule has 1 unspecified atom stereocenters. The van der Waals surface area contributed by atoms with Crippen molar-refractivity contribution in [2.75, 3.05) is 27.2 Å². The number of hydrogen-bond acceptors (Lipinski definition) is 6. The van der Waals surface area contributed by atoms with Crippen LogP contribution < -0.4 is 4.74 Å². The number of carbonyl (C=O) groups is 2. The summed E-state index contributed by atoms with van der Waals surface area (Å²) in [5.74, 6) is -0.761. The minimum atomic E-state index is -0.658. The largest absolute Gasteiger partial charge is 0.507 e. The molecule has 1 aromatic heterocycles. The predicted octanol–water partition coefficient (Wildman–Crippen LogP) is 4.62. The number of aliphatic hydroxyl groups excluding tert-OH is 1. The second-order valence-electron chi connectivity index (χ2n) is 8.61. The highest BCUT2D eigenvalue weighted by molar-refractivity contribution is 7.10. The summed E-state index contributed by atoms with van der Waals surface area (Å²) in [6, 6.07) is 18.2. The molecule has 1 aliphatic heterocycles. The molecule has 4 rings (SSSR count). The predicted molar refractivity (Wildman–Crippen MR) is 134 cm³/mol. The van der Waals surface area contributed by atoms with Gasteiger partial charge in [0, 0.05) is 23.5 Å². The topological polar surface area (TPSA) is 70.1 Å². The van der Waals surface area contributed by atoms with E-state index in [0.717, 1.165) is 10.4 Å². The van der Waals surface area contributed by atoms with Crippen molar-refractivity contribution >= 4 is 28.8 Å². The Kier molecular flexibility index (Phi) is 7.14. The first-order valence-electron chi connectivity index (χ1n) is 11.1. The van der Waals surface area contributed by atoms with E-state index in [2.05, 4.69) is 6.07 Å². The van der Waals surface area contributed by atoms with E-state index in [9.17, 15) is 14.7 Å². The molecular weight excluding hydrogens is 448 g/mol. The first-order chi connectivity index (χ1) is 16.3. The third-order valence-electron chi connectivity index (χ3n) is 5.76. The van der Waals surface area contributed by atoms with Crippen LogP contribution in [0.5, 0.6) is 5.75 Å². The SMILES string of the molecule is Cc1cccc(COc2ccc(/C(O)=C3/C(=O)C(=O)N(CCN(C)C)C3c3cccs3)cc2)c1. The maximum absolute atomic E-state index is 13.0. The Morgan fingerprint density at radius 1 is 1.09 bits per heavy atom. The number of Topliss-reactive ketones (excluding diaryl/α,β-unsaturated/α-hetero) is 1. The molecule has 34 heavy (non-hydrogen) atoms. The number of aryl methyl sites for hydroxylation is 1. The Hall–Kier alpha value is -3.42. The van der Waals surface area contributed by atoms with E-state index in [1.165, 1.54) is 16.9 Å². The highest BCUT2D eigenvalue weighted by atomic mass is 32.1. The molecule has 2 heterocycles. The van der Waals surface area contributed by atoms with Gasteiger partial charge in [-0.15, -0.1) is 11.3 Å². The van der Waals surface area contributed by atoms with E-state index in [4.69, 9.17) is 4.74 Å². The van der Waals surface area contributed by atoms with E-state index in [1.54, 1.807) is 29.2 Å². The molecule has 0 aliphatic carbocycles. The van der Waals surface area contributed by atoms with Crippen LogP contribution in [0.4, 0.5) is 0 Å². The molecular formula is C27H28N2O4S. The Balaban J connectivity index is 1.60. The fraction of sp³-hybridized carbons (Fsp3) is 0.259. The number of rotatable bonds is 8. The number of ether oxygens (including phenoxy) is 1. The van der Waals surface area contributed by atoms with Crippen LogP contribution >= 0.6 is 11.3 Å². The van der Waals surface area contributed by atoms with Gasteiger partial charge in [0.05, 0.1) is 11.6 Å². The third kappa shape index (κ3) is 5.05. The standard InChI is InChI=1S/C27H28N2O4S/c1-18-6-4-7-19(16-18)17-33-21-11-9-20(10-12-21)25(30)23-24(22-8-5-15-34-22)29(14-13-28(2)3)27(32)26(23)31/h4-12,15-16,24,30H,13-14,17H2,1-3H3/b25-23-. The number of likely N-dealkylation sites (tertiary alicyclic amines) is 1. The second kappa shape index (κ2) is 10.2. The van der Waals surface area contributed by atoms with Gasteiger partial charge >= 0.3 is 0 Å². The first kappa shape index (κ1) is 23.7. The maximum Gasteiger partial charge on any atom is 0.295 e. The number of benzene rings is 2. The molecule has 1 saturated heterocycles. The zero-order valence-corrected chi connectivity index (χ0v) is 20.3. The van der Waals surface area contributed by atoms with Gasteiger partial charge in [-0.3, -0.25) is 9.59 Å². The number of nitrogens with zero attached hydrogens (tertiary/aromatic N) is 2. The van der Waals surface area contributed by atoms with Crippen LogP contribution in [-0.4, -0.2) is 53.8 Å². The van der Waals surface area contributed by atoms with E-state index in [0.29, 0.717) is 31.0 Å². The summed E-state index contributed by atoms with van der Waals surface area (Å²) in [5.41, 5.74) is 2.83. The zero-order valence-electron chi connectivity index (χ0n) is 19.5. The number of amides is 1. The Labute approximate surface area is 203 Å². The maximum atomic E-state index is 13.0. The monoisotopic (exact) mass is 476 g/mol. The molecule has 0 bridgehead atoms. The lowest BCUT2D eigenvalue weighted by molar-refractivity contribution is -0.140. The molecule has 0 saturated carbocycles. The van der Waals surface area contributed by atoms with Crippen molar-refractivity contribution in [2.24, 2.45) is 0 Å². The van der Waals surface area contributed by atoms with E-state index in [1.807, 2.05) is 61.6 Å². The van der Waals surface area contributed by atoms with Gasteiger partial charge in [-0.05, 0) is 62.3 Å². The van der Waals surface area contributed by atoms with Gasteiger partial charge in [0.25, 0.3) is 11.7 Å². The van der Waals surface area contributed by atoms with Crippen molar-refractivity contribution in [2.45, 2.75) is 19.6 Å². The molecule has 6 nitrogen and oxygen atoms in total. The minimum absolute atomic E-state index is 0.125. The van der Waals surface area contributed by atoms with Crippen LogP contribution in [0.1, 0.15) is 27.6 Å². The average Bonchev–Trinajstić information content (AvgIpc) is 3.43. The van der Waals surface area contributed by atoms with Crippen molar-refractivity contribution in [1.29, 1.82) is 0 Å². The summed E-state index contributed by atoms with van der Waals surface area (Å²) < 4.78 is 5.87. The lowest BCUT2D eigenvalue weighted by atomic mass is 10.00. The molecule has 0 spiro atoms. The molecule has 176 valence electrons. The Morgan fingerprint density at radius 3 is 2.50 bits per heavy atom. The van der Waals surface area contributed by atoms with Gasteiger partial charge in [-0.2, -0.15) is 0 Å².